The molecular formula is C19H27N3O3S2. The minimum atomic E-state index is -0.441. The Morgan fingerprint density at radius 1 is 1.33 bits per heavy atom. The van der Waals surface area contributed by atoms with Crippen LogP contribution in [0, 0.1) is 0 Å². The second-order valence-electron chi connectivity index (χ2n) is 7.27. The number of nitrogens with zero attached hydrogens (tertiary/aromatic N) is 3. The highest BCUT2D eigenvalue weighted by Gasteiger charge is 2.23. The lowest BCUT2D eigenvalue weighted by Gasteiger charge is -2.28. The summed E-state index contributed by atoms with van der Waals surface area (Å²) in [6.07, 6.45) is 3.68. The van der Waals surface area contributed by atoms with E-state index in [0.29, 0.717) is 18.8 Å². The fourth-order valence-corrected chi connectivity index (χ4v) is 6.14. The third-order valence-electron chi connectivity index (χ3n) is 5.21. The average molecular weight is 410 g/mol. The first kappa shape index (κ1) is 19.4. The standard InChI is InChI=1S/C19H27N3O3S2/c1-2-6-22-18(24)16-14-4-3-5-15(14)27-17(16)20-19(22)26-12-13(23)11-21-7-9-25-10-8-21/h13,23H,2-12H2,1H3/t13-/m1/s1. The molecule has 2 aromatic heterocycles. The lowest BCUT2D eigenvalue weighted by molar-refractivity contribution is 0.0188. The first-order chi connectivity index (χ1) is 13.2. The largest absolute Gasteiger partial charge is 0.391 e. The number of hydrogen-bond donors (Lipinski definition) is 1. The molecule has 0 radical (unpaired) electrons. The monoisotopic (exact) mass is 409 g/mol. The van der Waals surface area contributed by atoms with Crippen LogP contribution < -0.4 is 5.56 Å². The zero-order valence-corrected chi connectivity index (χ0v) is 17.4. The van der Waals surface area contributed by atoms with E-state index in [1.165, 1.54) is 22.2 Å². The number of thiophene rings is 1. The fourth-order valence-electron chi connectivity index (χ4n) is 3.89. The number of hydrogen-bond acceptors (Lipinski definition) is 7. The van der Waals surface area contributed by atoms with Crippen LogP contribution in [0.3, 0.4) is 0 Å². The summed E-state index contributed by atoms with van der Waals surface area (Å²) in [6.45, 7) is 6.60. The molecule has 1 fully saturated rings. The molecule has 1 aliphatic heterocycles. The SMILES string of the molecule is CCCn1c(SC[C@H](O)CN2CCOCC2)nc2sc3c(c2c1=O)CCC3. The van der Waals surface area contributed by atoms with Crippen molar-refractivity contribution >= 4 is 33.3 Å². The third kappa shape index (κ3) is 4.10. The van der Waals surface area contributed by atoms with Gasteiger partial charge in [-0.15, -0.1) is 11.3 Å². The fraction of sp³-hybridized carbons (Fsp3) is 0.684. The second-order valence-corrected chi connectivity index (χ2v) is 9.34. The van der Waals surface area contributed by atoms with E-state index in [1.54, 1.807) is 11.3 Å². The molecule has 6 nitrogen and oxygen atoms in total. The lowest BCUT2D eigenvalue weighted by Crippen LogP contribution is -2.41. The van der Waals surface area contributed by atoms with Crippen LogP contribution in [0.25, 0.3) is 10.2 Å². The highest BCUT2D eigenvalue weighted by Crippen LogP contribution is 2.35. The molecule has 27 heavy (non-hydrogen) atoms. The van der Waals surface area contributed by atoms with Crippen molar-refractivity contribution in [3.63, 3.8) is 0 Å². The van der Waals surface area contributed by atoms with Crippen molar-refractivity contribution in [1.29, 1.82) is 0 Å². The van der Waals surface area contributed by atoms with Gasteiger partial charge in [0.15, 0.2) is 5.16 Å². The molecule has 3 heterocycles. The van der Waals surface area contributed by atoms with Gasteiger partial charge in [-0.05, 0) is 31.2 Å². The van der Waals surface area contributed by atoms with E-state index in [0.717, 1.165) is 67.4 Å². The van der Waals surface area contributed by atoms with Crippen molar-refractivity contribution < 1.29 is 9.84 Å². The molecule has 0 amide bonds. The van der Waals surface area contributed by atoms with Gasteiger partial charge in [0.25, 0.3) is 5.56 Å². The summed E-state index contributed by atoms with van der Waals surface area (Å²) in [5, 5.41) is 12.0. The van der Waals surface area contributed by atoms with Crippen LogP contribution in [-0.4, -0.2) is 64.3 Å². The van der Waals surface area contributed by atoms with Gasteiger partial charge in [0.1, 0.15) is 4.83 Å². The molecule has 1 atom stereocenters. The van der Waals surface area contributed by atoms with Crippen LogP contribution in [0.15, 0.2) is 9.95 Å². The average Bonchev–Trinajstić information content (AvgIpc) is 3.24. The van der Waals surface area contributed by atoms with Crippen molar-refractivity contribution in [2.24, 2.45) is 0 Å². The quantitative estimate of drug-likeness (QED) is 0.558. The van der Waals surface area contributed by atoms with E-state index in [2.05, 4.69) is 11.8 Å². The molecule has 0 aromatic carbocycles. The first-order valence-electron chi connectivity index (χ1n) is 9.83. The molecule has 2 aromatic rings. The smallest absolute Gasteiger partial charge is 0.263 e. The highest BCUT2D eigenvalue weighted by atomic mass is 32.2. The van der Waals surface area contributed by atoms with Gasteiger partial charge >= 0.3 is 0 Å². The first-order valence-corrected chi connectivity index (χ1v) is 11.6. The van der Waals surface area contributed by atoms with Crippen LogP contribution in [-0.2, 0) is 24.1 Å². The number of β-amino-alcohol motifs (C(OH)–C–C–N with tert-alkyl or cyclic N) is 1. The Hall–Kier alpha value is -0.930. The molecule has 1 aliphatic carbocycles. The molecule has 0 bridgehead atoms. The van der Waals surface area contributed by atoms with Gasteiger partial charge in [0.2, 0.25) is 0 Å². The number of aliphatic hydroxyl groups is 1. The summed E-state index contributed by atoms with van der Waals surface area (Å²) < 4.78 is 7.18. The van der Waals surface area contributed by atoms with Crippen LogP contribution >= 0.6 is 23.1 Å². The Morgan fingerprint density at radius 3 is 2.93 bits per heavy atom. The number of fused-ring (bicyclic) bond motifs is 3. The maximum absolute atomic E-state index is 13.2. The van der Waals surface area contributed by atoms with Gasteiger partial charge in [0, 0.05) is 36.8 Å². The minimum absolute atomic E-state index is 0.103. The van der Waals surface area contributed by atoms with E-state index >= 15 is 0 Å². The minimum Gasteiger partial charge on any atom is -0.391 e. The number of morpholine rings is 1. The Bertz CT molecular complexity index is 858. The predicted molar refractivity (Wildman–Crippen MR) is 110 cm³/mol. The van der Waals surface area contributed by atoms with Gasteiger partial charge in [-0.1, -0.05) is 18.7 Å². The van der Waals surface area contributed by atoms with Gasteiger partial charge in [-0.3, -0.25) is 14.3 Å². The molecule has 4 rings (SSSR count). The molecule has 1 saturated heterocycles. The summed E-state index contributed by atoms with van der Waals surface area (Å²) in [6, 6.07) is 0. The maximum atomic E-state index is 13.2. The summed E-state index contributed by atoms with van der Waals surface area (Å²) in [5.41, 5.74) is 1.34. The number of rotatable bonds is 7. The Balaban J connectivity index is 1.53. The number of aryl methyl sites for hydroxylation is 2. The van der Waals surface area contributed by atoms with E-state index in [1.807, 2.05) is 4.57 Å². The van der Waals surface area contributed by atoms with Crippen LogP contribution in [0.5, 0.6) is 0 Å². The highest BCUT2D eigenvalue weighted by molar-refractivity contribution is 7.99. The van der Waals surface area contributed by atoms with Gasteiger partial charge in [-0.25, -0.2) is 4.98 Å². The molecular weight excluding hydrogens is 382 g/mol. The van der Waals surface area contributed by atoms with E-state index in [-0.39, 0.29) is 5.56 Å². The summed E-state index contributed by atoms with van der Waals surface area (Å²) in [4.78, 5) is 22.4. The molecule has 148 valence electrons. The number of thioether (sulfide) groups is 1. The van der Waals surface area contributed by atoms with Crippen molar-refractivity contribution in [2.75, 3.05) is 38.6 Å². The van der Waals surface area contributed by atoms with E-state index in [4.69, 9.17) is 9.72 Å². The third-order valence-corrected chi connectivity index (χ3v) is 7.52. The Labute approximate surface area is 167 Å². The zero-order chi connectivity index (χ0) is 18.8. The number of aliphatic hydroxyl groups excluding tert-OH is 1. The summed E-state index contributed by atoms with van der Waals surface area (Å²) >= 11 is 3.19. The summed E-state index contributed by atoms with van der Waals surface area (Å²) in [5.74, 6) is 0.546. The van der Waals surface area contributed by atoms with Crippen LogP contribution in [0.4, 0.5) is 0 Å². The maximum Gasteiger partial charge on any atom is 0.263 e. The van der Waals surface area contributed by atoms with Crippen molar-refractivity contribution in [3.05, 3.63) is 20.8 Å². The molecule has 0 unspecified atom stereocenters. The molecule has 0 saturated carbocycles. The lowest BCUT2D eigenvalue weighted by atomic mass is 10.2. The molecule has 8 heteroatoms. The molecule has 0 spiro atoms. The number of ether oxygens (including phenoxy) is 1. The van der Waals surface area contributed by atoms with Crippen molar-refractivity contribution in [1.82, 2.24) is 14.5 Å². The normalized spacial score (nSPS) is 18.9. The Morgan fingerprint density at radius 2 is 2.15 bits per heavy atom. The van der Waals surface area contributed by atoms with Gasteiger partial charge in [0.05, 0.1) is 24.7 Å². The molecule has 1 N–H and O–H groups in total. The predicted octanol–water partition coefficient (Wildman–Crippen LogP) is 2.14. The zero-order valence-electron chi connectivity index (χ0n) is 15.8. The van der Waals surface area contributed by atoms with Gasteiger partial charge in [-0.2, -0.15) is 0 Å². The van der Waals surface area contributed by atoms with Gasteiger partial charge < -0.3 is 9.84 Å². The summed E-state index contributed by atoms with van der Waals surface area (Å²) in [7, 11) is 0. The van der Waals surface area contributed by atoms with Crippen LogP contribution in [0.1, 0.15) is 30.2 Å². The van der Waals surface area contributed by atoms with E-state index < -0.39 is 6.10 Å². The Kier molecular flexibility index (Phi) is 6.18. The van der Waals surface area contributed by atoms with E-state index in [9.17, 15) is 9.90 Å². The molecule has 2 aliphatic rings. The van der Waals surface area contributed by atoms with Crippen LogP contribution in [0.2, 0.25) is 0 Å². The van der Waals surface area contributed by atoms with Crippen molar-refractivity contribution in [3.8, 4) is 0 Å². The van der Waals surface area contributed by atoms with Crippen molar-refractivity contribution in [2.45, 2.75) is 50.4 Å². The topological polar surface area (TPSA) is 67.6 Å². The second kappa shape index (κ2) is 8.61. The number of aromatic nitrogens is 2.